The van der Waals surface area contributed by atoms with Crippen LogP contribution < -0.4 is 15.4 Å². The van der Waals surface area contributed by atoms with Crippen LogP contribution in [0.4, 0.5) is 0 Å². The number of hydrogen-bond donors (Lipinski definition) is 2. The second kappa shape index (κ2) is 14.1. The van der Waals surface area contributed by atoms with E-state index >= 15 is 0 Å². The summed E-state index contributed by atoms with van der Waals surface area (Å²) >= 11 is 0. The SMILES string of the molecule is CN=C(NCCN(C)C1CCCC1)NCC(c1ccc(OC)cc1)N1CCOCC1.I. The Morgan fingerprint density at radius 3 is 2.48 bits per heavy atom. The molecule has 0 bridgehead atoms. The molecule has 1 aliphatic heterocycles. The maximum Gasteiger partial charge on any atom is 0.191 e. The first-order valence-electron chi connectivity index (χ1n) is 11.3. The summed E-state index contributed by atoms with van der Waals surface area (Å²) in [5, 5.41) is 7.03. The lowest BCUT2D eigenvalue weighted by molar-refractivity contribution is 0.0170. The number of benzene rings is 1. The Balaban J connectivity index is 0.00000341. The van der Waals surface area contributed by atoms with Crippen LogP contribution in [0.1, 0.15) is 37.3 Å². The first kappa shape index (κ1) is 26.2. The third-order valence-corrected chi connectivity index (χ3v) is 6.38. The van der Waals surface area contributed by atoms with Gasteiger partial charge in [0.25, 0.3) is 0 Å². The molecule has 8 heteroatoms. The molecule has 7 nitrogen and oxygen atoms in total. The Kier molecular flexibility index (Phi) is 11.9. The Morgan fingerprint density at radius 1 is 1.19 bits per heavy atom. The van der Waals surface area contributed by atoms with Crippen molar-refractivity contribution in [1.29, 1.82) is 0 Å². The summed E-state index contributed by atoms with van der Waals surface area (Å²) in [6.07, 6.45) is 5.43. The number of ether oxygens (including phenoxy) is 2. The molecular weight excluding hydrogens is 505 g/mol. The van der Waals surface area contributed by atoms with Crippen molar-refractivity contribution >= 4 is 29.9 Å². The highest BCUT2D eigenvalue weighted by Crippen LogP contribution is 2.24. The van der Waals surface area contributed by atoms with Crippen molar-refractivity contribution in [3.05, 3.63) is 29.8 Å². The highest BCUT2D eigenvalue weighted by atomic mass is 127. The highest BCUT2D eigenvalue weighted by molar-refractivity contribution is 14.0. The van der Waals surface area contributed by atoms with E-state index in [1.807, 2.05) is 19.2 Å². The van der Waals surface area contributed by atoms with Gasteiger partial charge in [-0.2, -0.15) is 0 Å². The molecule has 0 amide bonds. The molecule has 1 heterocycles. The number of hydrogen-bond acceptors (Lipinski definition) is 5. The van der Waals surface area contributed by atoms with Gasteiger partial charge >= 0.3 is 0 Å². The Hall–Kier alpha value is -1.10. The van der Waals surface area contributed by atoms with E-state index in [9.17, 15) is 0 Å². The quantitative estimate of drug-likeness (QED) is 0.283. The van der Waals surface area contributed by atoms with Crippen LogP contribution in [0, 0.1) is 0 Å². The molecule has 0 aromatic heterocycles. The fourth-order valence-corrected chi connectivity index (χ4v) is 4.47. The van der Waals surface area contributed by atoms with Crippen molar-refractivity contribution in [2.45, 2.75) is 37.8 Å². The molecule has 1 aromatic rings. The normalized spacial score (nSPS) is 19.2. The summed E-state index contributed by atoms with van der Waals surface area (Å²) in [6.45, 7) is 6.19. The molecule has 1 atom stereocenters. The summed E-state index contributed by atoms with van der Waals surface area (Å²) < 4.78 is 10.9. The van der Waals surface area contributed by atoms with Crippen LogP contribution in [-0.4, -0.2) is 88.9 Å². The van der Waals surface area contributed by atoms with Crippen molar-refractivity contribution in [2.24, 2.45) is 4.99 Å². The maximum absolute atomic E-state index is 5.56. The van der Waals surface area contributed by atoms with Gasteiger partial charge in [0, 0.05) is 45.8 Å². The monoisotopic (exact) mass is 545 g/mol. The third-order valence-electron chi connectivity index (χ3n) is 6.38. The summed E-state index contributed by atoms with van der Waals surface area (Å²) in [7, 11) is 5.79. The zero-order valence-electron chi connectivity index (χ0n) is 19.3. The summed E-state index contributed by atoms with van der Waals surface area (Å²) in [5.74, 6) is 1.75. The summed E-state index contributed by atoms with van der Waals surface area (Å²) in [5.41, 5.74) is 1.28. The van der Waals surface area contributed by atoms with Crippen LogP contribution in [0.25, 0.3) is 0 Å². The number of halogens is 1. The number of methoxy groups -OCH3 is 1. The average molecular weight is 546 g/mol. The number of likely N-dealkylation sites (N-methyl/N-ethyl adjacent to an activating group) is 1. The van der Waals surface area contributed by atoms with Crippen molar-refractivity contribution in [1.82, 2.24) is 20.4 Å². The number of nitrogens with zero attached hydrogens (tertiary/aromatic N) is 3. The number of guanidine groups is 1. The molecule has 1 unspecified atom stereocenters. The molecule has 31 heavy (non-hydrogen) atoms. The van der Waals surface area contributed by atoms with Gasteiger partial charge in [-0.05, 0) is 37.6 Å². The lowest BCUT2D eigenvalue weighted by Crippen LogP contribution is -2.47. The second-order valence-electron chi connectivity index (χ2n) is 8.24. The smallest absolute Gasteiger partial charge is 0.191 e. The van der Waals surface area contributed by atoms with Gasteiger partial charge < -0.3 is 25.0 Å². The predicted octanol–water partition coefficient (Wildman–Crippen LogP) is 2.73. The first-order valence-corrected chi connectivity index (χ1v) is 11.3. The molecule has 0 radical (unpaired) electrons. The Bertz CT molecular complexity index is 646. The molecule has 1 saturated heterocycles. The van der Waals surface area contributed by atoms with Gasteiger partial charge in [-0.15, -0.1) is 24.0 Å². The molecular formula is C23H40IN5O2. The van der Waals surface area contributed by atoms with E-state index in [0.29, 0.717) is 0 Å². The van der Waals surface area contributed by atoms with Crippen molar-refractivity contribution in [2.75, 3.05) is 67.1 Å². The Labute approximate surface area is 205 Å². The molecule has 0 spiro atoms. The number of nitrogens with one attached hydrogen (secondary N) is 2. The van der Waals surface area contributed by atoms with E-state index in [4.69, 9.17) is 9.47 Å². The van der Waals surface area contributed by atoms with Gasteiger partial charge in [-0.25, -0.2) is 0 Å². The number of morpholine rings is 1. The van der Waals surface area contributed by atoms with E-state index in [2.05, 4.69) is 44.6 Å². The van der Waals surface area contributed by atoms with E-state index in [0.717, 1.165) is 63.7 Å². The zero-order valence-corrected chi connectivity index (χ0v) is 21.6. The van der Waals surface area contributed by atoms with Gasteiger partial charge in [0.05, 0.1) is 26.4 Å². The average Bonchev–Trinajstić information content (AvgIpc) is 3.34. The van der Waals surface area contributed by atoms with Crippen LogP contribution in [0.2, 0.25) is 0 Å². The van der Waals surface area contributed by atoms with Crippen LogP contribution >= 0.6 is 24.0 Å². The van der Waals surface area contributed by atoms with E-state index in [-0.39, 0.29) is 30.0 Å². The molecule has 1 aliphatic carbocycles. The molecule has 2 N–H and O–H groups in total. The topological polar surface area (TPSA) is 61.4 Å². The summed E-state index contributed by atoms with van der Waals surface area (Å²) in [6, 6.07) is 9.41. The van der Waals surface area contributed by atoms with Gasteiger partial charge in [0.15, 0.2) is 5.96 Å². The lowest BCUT2D eigenvalue weighted by atomic mass is 10.0. The molecule has 176 valence electrons. The van der Waals surface area contributed by atoms with Gasteiger partial charge in [0.2, 0.25) is 0 Å². The van der Waals surface area contributed by atoms with Crippen LogP contribution in [-0.2, 0) is 4.74 Å². The fourth-order valence-electron chi connectivity index (χ4n) is 4.47. The number of aliphatic imine (C=N–C) groups is 1. The predicted molar refractivity (Wildman–Crippen MR) is 138 cm³/mol. The minimum atomic E-state index is 0. The van der Waals surface area contributed by atoms with E-state index in [1.165, 1.54) is 31.2 Å². The summed E-state index contributed by atoms with van der Waals surface area (Å²) in [4.78, 5) is 9.41. The lowest BCUT2D eigenvalue weighted by Gasteiger charge is -2.35. The fraction of sp³-hybridized carbons (Fsp3) is 0.696. The van der Waals surface area contributed by atoms with E-state index < -0.39 is 0 Å². The van der Waals surface area contributed by atoms with Crippen LogP contribution in [0.15, 0.2) is 29.3 Å². The minimum Gasteiger partial charge on any atom is -0.497 e. The second-order valence-corrected chi connectivity index (χ2v) is 8.24. The van der Waals surface area contributed by atoms with Crippen molar-refractivity contribution in [3.63, 3.8) is 0 Å². The van der Waals surface area contributed by atoms with Crippen LogP contribution in [0.5, 0.6) is 5.75 Å². The van der Waals surface area contributed by atoms with Crippen LogP contribution in [0.3, 0.4) is 0 Å². The van der Waals surface area contributed by atoms with Gasteiger partial charge in [-0.1, -0.05) is 25.0 Å². The highest BCUT2D eigenvalue weighted by Gasteiger charge is 2.23. The molecule has 1 aromatic carbocycles. The Morgan fingerprint density at radius 2 is 1.87 bits per heavy atom. The largest absolute Gasteiger partial charge is 0.497 e. The van der Waals surface area contributed by atoms with Gasteiger partial charge in [-0.3, -0.25) is 9.89 Å². The first-order chi connectivity index (χ1) is 14.7. The standard InChI is InChI=1S/C23H39N5O2.HI/c1-24-23(25-12-13-27(2)20-6-4-5-7-20)26-18-22(28-14-16-30-17-15-28)19-8-10-21(29-3)11-9-19;/h8-11,20,22H,4-7,12-18H2,1-3H3,(H2,24,25,26);1H. The van der Waals surface area contributed by atoms with E-state index in [1.54, 1.807) is 7.11 Å². The molecule has 2 fully saturated rings. The zero-order chi connectivity index (χ0) is 21.2. The number of rotatable bonds is 9. The maximum atomic E-state index is 5.56. The third kappa shape index (κ3) is 8.07. The minimum absolute atomic E-state index is 0. The van der Waals surface area contributed by atoms with Crippen molar-refractivity contribution < 1.29 is 9.47 Å². The molecule has 1 saturated carbocycles. The van der Waals surface area contributed by atoms with Crippen molar-refractivity contribution in [3.8, 4) is 5.75 Å². The molecule has 2 aliphatic rings. The molecule has 3 rings (SSSR count). The van der Waals surface area contributed by atoms with Gasteiger partial charge in [0.1, 0.15) is 5.75 Å².